The van der Waals surface area contributed by atoms with Crippen molar-refractivity contribution in [3.63, 3.8) is 0 Å². The first-order valence-corrected chi connectivity index (χ1v) is 35.5. The van der Waals surface area contributed by atoms with E-state index in [2.05, 4.69) is 63.8 Å². The van der Waals surface area contributed by atoms with Gasteiger partial charge in [0.1, 0.15) is 0 Å². The summed E-state index contributed by atoms with van der Waals surface area (Å²) in [5.41, 5.74) is -3.46. The predicted octanol–water partition coefficient (Wildman–Crippen LogP) is -2.93. The lowest BCUT2D eigenvalue weighted by Gasteiger charge is -2.33. The quantitative estimate of drug-likeness (QED) is 0.0266. The van der Waals surface area contributed by atoms with E-state index in [9.17, 15) is 110 Å². The average Bonchev–Trinajstić information content (AvgIpc) is 0.790. The summed E-state index contributed by atoms with van der Waals surface area (Å²) in [6, 6.07) is -3.29. The molecule has 0 saturated heterocycles. The number of carbonyl (C=O) groups is 9. The van der Waals surface area contributed by atoms with E-state index in [1.54, 1.807) is 181 Å². The molecule has 12 amide bonds. The van der Waals surface area contributed by atoms with Gasteiger partial charge in [0.05, 0.1) is 151 Å². The molecule has 42 heteroatoms. The Labute approximate surface area is 638 Å². The molecule has 0 aromatic heterocycles. The second-order valence-electron chi connectivity index (χ2n) is 19.9. The molecule has 0 bridgehead atoms. The van der Waals surface area contributed by atoms with Crippen LogP contribution in [0.1, 0.15) is 67.7 Å². The van der Waals surface area contributed by atoms with Crippen LogP contribution in [-0.4, -0.2) is 262 Å². The highest BCUT2D eigenvalue weighted by atomic mass is 127. The Bertz CT molecular complexity index is 2750. The Morgan fingerprint density at radius 3 is 0.720 bits per heavy atom. The molecule has 518 valence electrons. The molecule has 25 N–H and O–H groups in total. The number of hydrogen-bond acceptors (Lipinski definition) is 22. The van der Waals surface area contributed by atoms with Crippen LogP contribution in [0, 0.1) is 40.9 Å². The second kappa shape index (κ2) is 41.2. The zero-order chi connectivity index (χ0) is 70.4. The lowest BCUT2D eigenvalue weighted by Crippen LogP contribution is -2.55. The van der Waals surface area contributed by atoms with Gasteiger partial charge in [0.2, 0.25) is 0 Å². The van der Waals surface area contributed by atoms with Crippen molar-refractivity contribution in [1.29, 1.82) is 0 Å². The Balaban J connectivity index is 2.25. The van der Waals surface area contributed by atoms with Crippen LogP contribution in [0.3, 0.4) is 0 Å². The molecule has 0 radical (unpaired) electrons. The summed E-state index contributed by atoms with van der Waals surface area (Å²) in [4.78, 5) is 125. The summed E-state index contributed by atoms with van der Waals surface area (Å²) in [6.07, 6.45) is -8.38. The molecule has 34 nitrogen and oxygen atoms in total. The van der Waals surface area contributed by atoms with Crippen molar-refractivity contribution in [2.24, 2.45) is 5.41 Å². The lowest BCUT2D eigenvalue weighted by molar-refractivity contribution is 0.0792. The predicted molar refractivity (Wildman–Crippen MR) is 399 cm³/mol. The number of aliphatic hydroxyl groups is 13. The van der Waals surface area contributed by atoms with E-state index in [0.717, 1.165) is 0 Å². The Morgan fingerprint density at radius 2 is 0.505 bits per heavy atom. The number of aliphatic hydroxyl groups excluding tert-OH is 13. The SMILES string of the molecule is Cc1c(NC(=O)NCC(CO)(CNC(=O)Nc2c(I)c(C(=O)NCC(O)CO)c(I)c(C(=O)NCC(O)CO)c2I)CNC(=O)Nc2c(I)c(C(=O)NCC(O)CO)c(I)c(C(=O)NCC(O)CO)c2I)c(I)c(C(=O)NCC(O)CO)c(I)c1C(=O)NCC(O)CO. The molecule has 6 atom stereocenters. The summed E-state index contributed by atoms with van der Waals surface area (Å²) < 4.78 is 0.257. The lowest BCUT2D eigenvalue weighted by atomic mass is 9.88. The average molecular weight is 2210 g/mol. The molecule has 0 aliphatic heterocycles. The number of hydrogen-bond donors (Lipinski definition) is 25. The van der Waals surface area contributed by atoms with Gasteiger partial charge in [-0.1, -0.05) is 0 Å². The molecular weight excluding hydrogens is 2150 g/mol. The zero-order valence-corrected chi connectivity index (χ0v) is 65.5. The molecule has 6 unspecified atom stereocenters. The van der Waals surface area contributed by atoms with Crippen molar-refractivity contribution in [3.8, 4) is 0 Å². The van der Waals surface area contributed by atoms with Crippen LogP contribution in [0.5, 0.6) is 0 Å². The first-order chi connectivity index (χ1) is 43.7. The number of benzene rings is 3. The maximum absolute atomic E-state index is 14.3. The summed E-state index contributed by atoms with van der Waals surface area (Å²) in [6.45, 7) is -8.73. The van der Waals surface area contributed by atoms with Gasteiger partial charge in [0, 0.05) is 75.0 Å². The molecule has 0 aliphatic carbocycles. The normalized spacial score (nSPS) is 13.7. The number of carbonyl (C=O) groups excluding carboxylic acids is 9. The number of nitrogens with one attached hydrogen (secondary N) is 12. The van der Waals surface area contributed by atoms with Gasteiger partial charge < -0.3 is 130 Å². The Hall–Kier alpha value is -2.39. The molecule has 0 aliphatic rings. The largest absolute Gasteiger partial charge is 0.396 e. The third-order valence-electron chi connectivity index (χ3n) is 12.8. The highest BCUT2D eigenvalue weighted by molar-refractivity contribution is 14.1. The van der Waals surface area contributed by atoms with Gasteiger partial charge in [-0.05, 0) is 193 Å². The smallest absolute Gasteiger partial charge is 0.319 e. The summed E-state index contributed by atoms with van der Waals surface area (Å²) in [7, 11) is 0. The number of anilines is 3. The van der Waals surface area contributed by atoms with Crippen LogP contribution in [0.25, 0.3) is 0 Å². The second-order valence-corrected chi connectivity index (χ2v) is 28.5. The molecule has 0 fully saturated rings. The highest BCUT2D eigenvalue weighted by Gasteiger charge is 2.36. The van der Waals surface area contributed by atoms with Crippen molar-refractivity contribution in [2.75, 3.05) is 121 Å². The monoisotopic (exact) mass is 2210 g/mol. The number of rotatable bonds is 34. The van der Waals surface area contributed by atoms with E-state index >= 15 is 0 Å². The standard InChI is InChI=1S/C51H66I8N12O22/c1-18-25(42(85)60-2-19(79)8-72)31(52)26(43(86)61-3-20(80)9-73)34(55)39(18)69-48(91)66-14-51(17-78,15-67-49(92)70-40-35(56)27(44(87)62-4-21(81)10-74)32(53)28(36(40)57)45(88)63-5-22(82)11-75)16-68-50(93)71-41-37(58)29(46(89)64-6-23(83)12-76)33(54)30(38(41)59)47(90)65-7-24(84)13-77/h19-24,72-84H,2-17H2,1H3,(H,60,85)(H,61,86)(H,62,87)(H,63,88)(H,64,89)(H,65,90)(H2,66,69,91)(H2,67,70,92)(H2,68,71,93). The fourth-order valence-electron chi connectivity index (χ4n) is 7.58. The van der Waals surface area contributed by atoms with E-state index in [-0.39, 0.29) is 84.6 Å². The van der Waals surface area contributed by atoms with Crippen molar-refractivity contribution in [3.05, 3.63) is 67.5 Å². The van der Waals surface area contributed by atoms with Crippen molar-refractivity contribution in [2.45, 2.75) is 43.5 Å². The topological polar surface area (TPSA) is 561 Å². The first kappa shape index (κ1) is 84.8. The van der Waals surface area contributed by atoms with E-state index in [0.29, 0.717) is 0 Å². The fourth-order valence-corrected chi connectivity index (χ4v) is 19.1. The molecule has 0 heterocycles. The van der Waals surface area contributed by atoms with E-state index in [1.165, 1.54) is 6.92 Å². The number of amides is 12. The van der Waals surface area contributed by atoms with Crippen molar-refractivity contribution in [1.82, 2.24) is 47.9 Å². The Kier molecular flexibility index (Phi) is 37.6. The summed E-state index contributed by atoms with van der Waals surface area (Å²) >= 11 is 13.7. The van der Waals surface area contributed by atoms with Crippen LogP contribution >= 0.6 is 181 Å². The number of halogens is 8. The zero-order valence-electron chi connectivity index (χ0n) is 48.3. The van der Waals surface area contributed by atoms with Gasteiger partial charge in [0.25, 0.3) is 35.4 Å². The number of urea groups is 3. The molecule has 3 rings (SSSR count). The third-order valence-corrected chi connectivity index (χ3v) is 21.4. The highest BCUT2D eigenvalue weighted by Crippen LogP contribution is 2.39. The van der Waals surface area contributed by atoms with E-state index in [4.69, 9.17) is 0 Å². The minimum atomic E-state index is -1.90. The Morgan fingerprint density at radius 1 is 0.312 bits per heavy atom. The summed E-state index contributed by atoms with van der Waals surface area (Å²) in [5.74, 6) is -5.22. The fraction of sp³-hybridized carbons (Fsp3) is 0.471. The van der Waals surface area contributed by atoms with Gasteiger partial charge in [-0.15, -0.1) is 0 Å². The maximum atomic E-state index is 14.3. The summed E-state index contributed by atoms with van der Waals surface area (Å²) in [5, 5.41) is 158. The van der Waals surface area contributed by atoms with Crippen molar-refractivity contribution >= 4 is 251 Å². The van der Waals surface area contributed by atoms with Gasteiger partial charge in [0.15, 0.2) is 0 Å². The molecule has 3 aromatic rings. The van der Waals surface area contributed by atoms with Gasteiger partial charge in [-0.2, -0.15) is 0 Å². The molecule has 0 saturated carbocycles. The van der Waals surface area contributed by atoms with Crippen LogP contribution < -0.4 is 63.8 Å². The van der Waals surface area contributed by atoms with Crippen LogP contribution in [0.2, 0.25) is 0 Å². The van der Waals surface area contributed by atoms with Crippen molar-refractivity contribution < 1.29 is 110 Å². The van der Waals surface area contributed by atoms with Gasteiger partial charge in [-0.3, -0.25) is 28.8 Å². The molecule has 0 spiro atoms. The van der Waals surface area contributed by atoms with E-state index < -0.39 is 201 Å². The molecular formula is C51H66I8N12O22. The van der Waals surface area contributed by atoms with Crippen LogP contribution in [0.15, 0.2) is 0 Å². The van der Waals surface area contributed by atoms with Crippen LogP contribution in [-0.2, 0) is 0 Å². The van der Waals surface area contributed by atoms with Gasteiger partial charge >= 0.3 is 18.1 Å². The molecule has 93 heavy (non-hydrogen) atoms. The molecule has 3 aromatic carbocycles. The van der Waals surface area contributed by atoms with Gasteiger partial charge in [-0.25, -0.2) is 14.4 Å². The minimum absolute atomic E-state index is 0.0292. The van der Waals surface area contributed by atoms with E-state index in [1.807, 2.05) is 0 Å². The first-order valence-electron chi connectivity index (χ1n) is 26.9. The third kappa shape index (κ3) is 24.2. The van der Waals surface area contributed by atoms with Crippen LogP contribution in [0.4, 0.5) is 31.4 Å². The minimum Gasteiger partial charge on any atom is -0.396 e. The maximum Gasteiger partial charge on any atom is 0.319 e.